The largest absolute Gasteiger partial charge is 0.507 e. The fourth-order valence-corrected chi connectivity index (χ4v) is 2.27. The SMILES string of the molecule is COc1ccc(C2=NCC(c3ccccc3)=C2)c(O)c1. The average molecular weight is 265 g/mol. The van der Waals surface area contributed by atoms with Gasteiger partial charge >= 0.3 is 0 Å². The first kappa shape index (κ1) is 12.5. The molecule has 0 saturated heterocycles. The van der Waals surface area contributed by atoms with Gasteiger partial charge < -0.3 is 9.84 Å². The van der Waals surface area contributed by atoms with Crippen LogP contribution >= 0.6 is 0 Å². The fraction of sp³-hybridized carbons (Fsp3) is 0.118. The van der Waals surface area contributed by atoms with Gasteiger partial charge in [0.05, 0.1) is 19.4 Å². The molecule has 0 aromatic heterocycles. The minimum absolute atomic E-state index is 0.189. The zero-order valence-corrected chi connectivity index (χ0v) is 11.2. The second-order valence-electron chi connectivity index (χ2n) is 4.62. The number of phenols is 1. The molecule has 0 spiro atoms. The second-order valence-corrected chi connectivity index (χ2v) is 4.62. The van der Waals surface area contributed by atoms with Crippen molar-refractivity contribution in [2.75, 3.05) is 13.7 Å². The third-order valence-electron chi connectivity index (χ3n) is 3.36. The predicted octanol–water partition coefficient (Wildman–Crippen LogP) is 3.29. The summed E-state index contributed by atoms with van der Waals surface area (Å²) in [6.45, 7) is 0.644. The number of methoxy groups -OCH3 is 1. The topological polar surface area (TPSA) is 41.8 Å². The van der Waals surface area contributed by atoms with Crippen LogP contribution < -0.4 is 4.74 Å². The summed E-state index contributed by atoms with van der Waals surface area (Å²) in [4.78, 5) is 4.50. The Hall–Kier alpha value is -2.55. The predicted molar refractivity (Wildman–Crippen MR) is 80.5 cm³/mol. The van der Waals surface area contributed by atoms with Crippen molar-refractivity contribution >= 4 is 11.3 Å². The highest BCUT2D eigenvalue weighted by molar-refractivity contribution is 6.16. The van der Waals surface area contributed by atoms with Crippen LogP contribution in [0.1, 0.15) is 11.1 Å². The van der Waals surface area contributed by atoms with Crippen LogP contribution in [0.5, 0.6) is 11.5 Å². The van der Waals surface area contributed by atoms with Gasteiger partial charge in [0.2, 0.25) is 0 Å². The molecule has 0 fully saturated rings. The van der Waals surface area contributed by atoms with E-state index in [-0.39, 0.29) is 5.75 Å². The molecule has 1 heterocycles. The third-order valence-corrected chi connectivity index (χ3v) is 3.36. The number of phenolic OH excluding ortho intramolecular Hbond substituents is 1. The second kappa shape index (κ2) is 5.21. The molecule has 0 bridgehead atoms. The van der Waals surface area contributed by atoms with Crippen LogP contribution in [0.25, 0.3) is 5.57 Å². The van der Waals surface area contributed by atoms with E-state index < -0.39 is 0 Å². The number of benzene rings is 2. The number of allylic oxidation sites excluding steroid dienone is 1. The molecule has 3 rings (SSSR count). The first-order valence-electron chi connectivity index (χ1n) is 6.46. The summed E-state index contributed by atoms with van der Waals surface area (Å²) in [6, 6.07) is 15.4. The van der Waals surface area contributed by atoms with Gasteiger partial charge in [-0.05, 0) is 29.3 Å². The monoisotopic (exact) mass is 265 g/mol. The minimum Gasteiger partial charge on any atom is -0.507 e. The molecule has 0 saturated carbocycles. The molecular formula is C17H15NO2. The number of hydrogen-bond acceptors (Lipinski definition) is 3. The molecule has 2 aromatic rings. The van der Waals surface area contributed by atoms with Crippen LogP contribution in [0, 0.1) is 0 Å². The number of nitrogens with zero attached hydrogens (tertiary/aromatic N) is 1. The highest BCUT2D eigenvalue weighted by atomic mass is 16.5. The molecule has 1 N–H and O–H groups in total. The van der Waals surface area contributed by atoms with Gasteiger partial charge in [-0.15, -0.1) is 0 Å². The van der Waals surface area contributed by atoms with E-state index >= 15 is 0 Å². The molecule has 2 aromatic carbocycles. The van der Waals surface area contributed by atoms with E-state index in [1.54, 1.807) is 13.2 Å². The Bertz CT molecular complexity index is 687. The van der Waals surface area contributed by atoms with Gasteiger partial charge in [-0.3, -0.25) is 4.99 Å². The Morgan fingerprint density at radius 2 is 1.90 bits per heavy atom. The lowest BCUT2D eigenvalue weighted by molar-refractivity contribution is 0.407. The molecule has 1 aliphatic rings. The van der Waals surface area contributed by atoms with Crippen molar-refractivity contribution in [2.24, 2.45) is 4.99 Å². The summed E-state index contributed by atoms with van der Waals surface area (Å²) >= 11 is 0. The molecule has 0 radical (unpaired) electrons. The van der Waals surface area contributed by atoms with Crippen LogP contribution in [0.2, 0.25) is 0 Å². The Labute approximate surface area is 117 Å². The quantitative estimate of drug-likeness (QED) is 0.925. The number of rotatable bonds is 3. The summed E-state index contributed by atoms with van der Waals surface area (Å²) in [6.07, 6.45) is 2.02. The van der Waals surface area contributed by atoms with Gasteiger partial charge in [0.1, 0.15) is 11.5 Å². The zero-order valence-electron chi connectivity index (χ0n) is 11.2. The summed E-state index contributed by atoms with van der Waals surface area (Å²) < 4.78 is 5.09. The lowest BCUT2D eigenvalue weighted by Crippen LogP contribution is -1.95. The average Bonchev–Trinajstić information content (AvgIpc) is 2.97. The van der Waals surface area contributed by atoms with Crippen molar-refractivity contribution in [3.8, 4) is 11.5 Å². The summed E-state index contributed by atoms with van der Waals surface area (Å²) in [7, 11) is 1.58. The van der Waals surface area contributed by atoms with Gasteiger partial charge in [-0.1, -0.05) is 30.3 Å². The minimum atomic E-state index is 0.189. The van der Waals surface area contributed by atoms with Gasteiger partial charge in [0, 0.05) is 11.6 Å². The highest BCUT2D eigenvalue weighted by Gasteiger charge is 2.14. The number of hydrogen-bond donors (Lipinski definition) is 1. The van der Waals surface area contributed by atoms with Crippen molar-refractivity contribution in [1.29, 1.82) is 0 Å². The Balaban J connectivity index is 1.91. The van der Waals surface area contributed by atoms with Crippen molar-refractivity contribution in [2.45, 2.75) is 0 Å². The third kappa shape index (κ3) is 2.30. The summed E-state index contributed by atoms with van der Waals surface area (Å²) in [5.41, 5.74) is 3.87. The summed E-state index contributed by atoms with van der Waals surface area (Å²) in [5.74, 6) is 0.825. The molecule has 3 nitrogen and oxygen atoms in total. The fourth-order valence-electron chi connectivity index (χ4n) is 2.27. The van der Waals surface area contributed by atoms with Crippen molar-refractivity contribution < 1.29 is 9.84 Å². The van der Waals surface area contributed by atoms with Crippen molar-refractivity contribution in [3.63, 3.8) is 0 Å². The Morgan fingerprint density at radius 1 is 1.10 bits per heavy atom. The molecule has 1 aliphatic heterocycles. The van der Waals surface area contributed by atoms with Gasteiger partial charge in [0.25, 0.3) is 0 Å². The maximum atomic E-state index is 10.0. The smallest absolute Gasteiger partial charge is 0.128 e. The maximum Gasteiger partial charge on any atom is 0.128 e. The molecular weight excluding hydrogens is 250 g/mol. The molecule has 0 aliphatic carbocycles. The van der Waals surface area contributed by atoms with Gasteiger partial charge in [-0.25, -0.2) is 0 Å². The molecule has 0 amide bonds. The van der Waals surface area contributed by atoms with Gasteiger partial charge in [0.15, 0.2) is 0 Å². The van der Waals surface area contributed by atoms with E-state index in [0.29, 0.717) is 12.3 Å². The highest BCUT2D eigenvalue weighted by Crippen LogP contribution is 2.28. The van der Waals surface area contributed by atoms with E-state index in [1.165, 1.54) is 5.56 Å². The van der Waals surface area contributed by atoms with E-state index in [0.717, 1.165) is 16.8 Å². The first-order valence-corrected chi connectivity index (χ1v) is 6.46. The van der Waals surface area contributed by atoms with Crippen LogP contribution in [0.3, 0.4) is 0 Å². The van der Waals surface area contributed by atoms with E-state index in [9.17, 15) is 5.11 Å². The molecule has 20 heavy (non-hydrogen) atoms. The van der Waals surface area contributed by atoms with Crippen LogP contribution in [-0.2, 0) is 0 Å². The zero-order chi connectivity index (χ0) is 13.9. The van der Waals surface area contributed by atoms with E-state index in [2.05, 4.69) is 17.1 Å². The Morgan fingerprint density at radius 3 is 2.60 bits per heavy atom. The van der Waals surface area contributed by atoms with Crippen molar-refractivity contribution in [3.05, 3.63) is 65.7 Å². The standard InChI is InChI=1S/C17H15NO2/c1-20-14-7-8-15(17(19)10-14)16-9-13(11-18-16)12-5-3-2-4-6-12/h2-10,19H,11H2,1H3. The number of aliphatic imine (C=N–C) groups is 1. The molecule has 0 unspecified atom stereocenters. The van der Waals surface area contributed by atoms with Gasteiger partial charge in [-0.2, -0.15) is 0 Å². The Kier molecular flexibility index (Phi) is 3.25. The summed E-state index contributed by atoms with van der Waals surface area (Å²) in [5, 5.41) is 10.0. The molecule has 3 heteroatoms. The number of ether oxygens (including phenoxy) is 1. The maximum absolute atomic E-state index is 10.0. The van der Waals surface area contributed by atoms with Crippen LogP contribution in [0.15, 0.2) is 59.6 Å². The van der Waals surface area contributed by atoms with Crippen molar-refractivity contribution in [1.82, 2.24) is 0 Å². The van der Waals surface area contributed by atoms with Crippen LogP contribution in [-0.4, -0.2) is 24.5 Å². The van der Waals surface area contributed by atoms with E-state index in [1.807, 2.05) is 36.4 Å². The van der Waals surface area contributed by atoms with Crippen LogP contribution in [0.4, 0.5) is 0 Å². The molecule has 0 atom stereocenters. The lowest BCUT2D eigenvalue weighted by atomic mass is 10.0. The number of aromatic hydroxyl groups is 1. The molecule has 100 valence electrons. The first-order chi connectivity index (χ1) is 9.78. The van der Waals surface area contributed by atoms with E-state index in [4.69, 9.17) is 4.74 Å². The normalized spacial score (nSPS) is 13.8. The lowest BCUT2D eigenvalue weighted by Gasteiger charge is -2.05.